The van der Waals surface area contributed by atoms with Crippen LogP contribution < -0.4 is 15.1 Å². The summed E-state index contributed by atoms with van der Waals surface area (Å²) >= 11 is 0. The molecule has 4 amide bonds. The minimum atomic E-state index is -1.97. The lowest BCUT2D eigenvalue weighted by Crippen LogP contribution is -2.56. The minimum Gasteiger partial charge on any atom is -0.444 e. The first kappa shape index (κ1) is 25.0. The Morgan fingerprint density at radius 3 is 2.13 bits per heavy atom. The molecule has 1 atom stereocenters. The third kappa shape index (κ3) is 4.24. The van der Waals surface area contributed by atoms with Crippen LogP contribution in [-0.4, -0.2) is 29.4 Å². The van der Waals surface area contributed by atoms with Crippen LogP contribution >= 0.6 is 0 Å². The van der Waals surface area contributed by atoms with Gasteiger partial charge in [-0.15, -0.1) is 0 Å². The molecule has 0 saturated carbocycles. The summed E-state index contributed by atoms with van der Waals surface area (Å²) in [7, 11) is 0. The van der Waals surface area contributed by atoms with Gasteiger partial charge in [-0.3, -0.25) is 19.7 Å². The SMILES string of the molecule is CC(C)(C)OC(=O)N[C@]1(C2=CC(=O)N(c3ccccc3)C2=O)C(=O)N(Cc2ccccc2)c2ccccc21. The van der Waals surface area contributed by atoms with Crippen molar-refractivity contribution in [3.63, 3.8) is 0 Å². The quantitative estimate of drug-likeness (QED) is 0.513. The van der Waals surface area contributed by atoms with Crippen LogP contribution in [0.2, 0.25) is 0 Å². The Hall–Kier alpha value is -4.72. The van der Waals surface area contributed by atoms with Crippen molar-refractivity contribution < 1.29 is 23.9 Å². The van der Waals surface area contributed by atoms with Crippen LogP contribution in [0.5, 0.6) is 0 Å². The molecule has 3 aromatic rings. The molecule has 2 aliphatic heterocycles. The fourth-order valence-corrected chi connectivity index (χ4v) is 4.84. The van der Waals surface area contributed by atoms with Crippen LogP contribution in [0.1, 0.15) is 31.9 Å². The van der Waals surface area contributed by atoms with Crippen molar-refractivity contribution in [1.82, 2.24) is 5.32 Å². The number of para-hydroxylation sites is 2. The summed E-state index contributed by atoms with van der Waals surface area (Å²) in [6.45, 7) is 5.30. The molecule has 8 heteroatoms. The molecular formula is C30H27N3O5. The minimum absolute atomic E-state index is 0.148. The predicted molar refractivity (Wildman–Crippen MR) is 142 cm³/mol. The van der Waals surface area contributed by atoms with Gasteiger partial charge in [0, 0.05) is 11.6 Å². The number of anilines is 2. The van der Waals surface area contributed by atoms with E-state index in [1.54, 1.807) is 75.4 Å². The van der Waals surface area contributed by atoms with Crippen LogP contribution in [0.3, 0.4) is 0 Å². The number of imide groups is 1. The van der Waals surface area contributed by atoms with Gasteiger partial charge in [0.15, 0.2) is 5.54 Å². The van der Waals surface area contributed by atoms with E-state index >= 15 is 0 Å². The Balaban J connectivity index is 1.65. The fourth-order valence-electron chi connectivity index (χ4n) is 4.84. The Bertz CT molecular complexity index is 1460. The monoisotopic (exact) mass is 509 g/mol. The number of alkyl carbamates (subject to hydrolysis) is 1. The number of nitrogens with one attached hydrogen (secondary N) is 1. The number of benzene rings is 3. The molecular weight excluding hydrogens is 482 g/mol. The largest absolute Gasteiger partial charge is 0.444 e. The zero-order valence-electron chi connectivity index (χ0n) is 21.3. The van der Waals surface area contributed by atoms with Gasteiger partial charge in [-0.1, -0.05) is 66.7 Å². The Labute approximate surface area is 220 Å². The van der Waals surface area contributed by atoms with Gasteiger partial charge in [0.2, 0.25) is 0 Å². The third-order valence-corrected chi connectivity index (χ3v) is 6.38. The van der Waals surface area contributed by atoms with Crippen molar-refractivity contribution >= 4 is 35.2 Å². The molecule has 192 valence electrons. The highest BCUT2D eigenvalue weighted by Crippen LogP contribution is 2.47. The second kappa shape index (κ2) is 9.30. The summed E-state index contributed by atoms with van der Waals surface area (Å²) in [6, 6.07) is 24.8. The van der Waals surface area contributed by atoms with E-state index in [-0.39, 0.29) is 12.1 Å². The molecule has 1 N–H and O–H groups in total. The molecule has 3 aromatic carbocycles. The standard InChI is InChI=1S/C30H27N3O5/c1-29(2,3)38-28(37)31-30(23-18-25(34)33(26(23)35)21-14-8-5-9-15-21)22-16-10-11-17-24(22)32(27(30)36)19-20-12-6-4-7-13-20/h4-18H,19H2,1-3H3,(H,31,37)/t30-/m1/s1. The van der Waals surface area contributed by atoms with Gasteiger partial charge in [0.25, 0.3) is 17.7 Å². The van der Waals surface area contributed by atoms with Gasteiger partial charge in [0.1, 0.15) is 5.60 Å². The van der Waals surface area contributed by atoms with Gasteiger partial charge in [-0.05, 0) is 44.5 Å². The van der Waals surface area contributed by atoms with E-state index in [0.717, 1.165) is 16.5 Å². The van der Waals surface area contributed by atoms with Crippen molar-refractivity contribution in [1.29, 1.82) is 0 Å². The van der Waals surface area contributed by atoms with Crippen LogP contribution in [0.4, 0.5) is 16.2 Å². The fraction of sp³-hybridized carbons (Fsp3) is 0.200. The van der Waals surface area contributed by atoms with Crippen molar-refractivity contribution in [3.8, 4) is 0 Å². The first-order valence-electron chi connectivity index (χ1n) is 12.2. The topological polar surface area (TPSA) is 96.0 Å². The molecule has 2 heterocycles. The van der Waals surface area contributed by atoms with E-state index in [1.165, 1.54) is 4.90 Å². The van der Waals surface area contributed by atoms with Crippen molar-refractivity contribution in [2.24, 2.45) is 0 Å². The molecule has 0 aliphatic carbocycles. The zero-order valence-corrected chi connectivity index (χ0v) is 21.3. The average molecular weight is 510 g/mol. The lowest BCUT2D eigenvalue weighted by Gasteiger charge is -2.32. The first-order chi connectivity index (χ1) is 18.1. The lowest BCUT2D eigenvalue weighted by atomic mass is 9.83. The predicted octanol–water partition coefficient (Wildman–Crippen LogP) is 4.45. The maximum absolute atomic E-state index is 14.4. The molecule has 0 fully saturated rings. The number of fused-ring (bicyclic) bond motifs is 1. The van der Waals surface area contributed by atoms with Gasteiger partial charge >= 0.3 is 6.09 Å². The van der Waals surface area contributed by atoms with Gasteiger partial charge in [-0.25, -0.2) is 9.69 Å². The van der Waals surface area contributed by atoms with Crippen LogP contribution in [-0.2, 0) is 31.2 Å². The summed E-state index contributed by atoms with van der Waals surface area (Å²) in [6.07, 6.45) is 0.245. The van der Waals surface area contributed by atoms with Gasteiger partial charge in [-0.2, -0.15) is 0 Å². The molecule has 8 nitrogen and oxygen atoms in total. The number of hydrogen-bond donors (Lipinski definition) is 1. The maximum atomic E-state index is 14.4. The van der Waals surface area contributed by atoms with E-state index < -0.39 is 35.0 Å². The van der Waals surface area contributed by atoms with E-state index in [0.29, 0.717) is 16.9 Å². The molecule has 2 aliphatic rings. The maximum Gasteiger partial charge on any atom is 0.409 e. The van der Waals surface area contributed by atoms with Crippen molar-refractivity contribution in [3.05, 3.63) is 108 Å². The van der Waals surface area contributed by atoms with Gasteiger partial charge in [0.05, 0.1) is 23.5 Å². The molecule has 0 aromatic heterocycles. The van der Waals surface area contributed by atoms with Crippen molar-refractivity contribution in [2.75, 3.05) is 9.80 Å². The molecule has 0 unspecified atom stereocenters. The highest BCUT2D eigenvalue weighted by atomic mass is 16.6. The smallest absolute Gasteiger partial charge is 0.409 e. The highest BCUT2D eigenvalue weighted by molar-refractivity contribution is 6.34. The lowest BCUT2D eigenvalue weighted by molar-refractivity contribution is -0.126. The Morgan fingerprint density at radius 2 is 1.47 bits per heavy atom. The number of nitrogens with zero attached hydrogens (tertiary/aromatic N) is 2. The number of ether oxygens (including phenoxy) is 1. The number of hydrogen-bond acceptors (Lipinski definition) is 5. The van der Waals surface area contributed by atoms with Crippen LogP contribution in [0.25, 0.3) is 0 Å². The number of amides is 4. The summed E-state index contributed by atoms with van der Waals surface area (Å²) < 4.78 is 5.52. The molecule has 0 spiro atoms. The zero-order chi connectivity index (χ0) is 27.1. The third-order valence-electron chi connectivity index (χ3n) is 6.38. The van der Waals surface area contributed by atoms with E-state index in [1.807, 2.05) is 30.3 Å². The second-order valence-electron chi connectivity index (χ2n) is 10.1. The van der Waals surface area contributed by atoms with E-state index in [9.17, 15) is 19.2 Å². The van der Waals surface area contributed by atoms with E-state index in [4.69, 9.17) is 4.74 Å². The molecule has 0 radical (unpaired) electrons. The number of rotatable bonds is 5. The average Bonchev–Trinajstić information content (AvgIpc) is 3.30. The number of carbonyl (C=O) groups excluding carboxylic acids is 4. The molecule has 5 rings (SSSR count). The summed E-state index contributed by atoms with van der Waals surface area (Å²) in [4.78, 5) is 57.2. The van der Waals surface area contributed by atoms with Gasteiger partial charge < -0.3 is 9.64 Å². The van der Waals surface area contributed by atoms with Crippen molar-refractivity contribution in [2.45, 2.75) is 38.5 Å². The summed E-state index contributed by atoms with van der Waals surface area (Å²) in [5.74, 6) is -1.86. The second-order valence-corrected chi connectivity index (χ2v) is 10.1. The normalized spacial score (nSPS) is 18.9. The molecule has 0 bridgehead atoms. The number of carbonyl (C=O) groups is 4. The summed E-state index contributed by atoms with van der Waals surface area (Å²) in [5, 5.41) is 2.72. The first-order valence-corrected chi connectivity index (χ1v) is 12.2. The van der Waals surface area contributed by atoms with E-state index in [2.05, 4.69) is 5.32 Å². The van der Waals surface area contributed by atoms with Crippen LogP contribution in [0.15, 0.2) is 96.6 Å². The molecule has 0 saturated heterocycles. The van der Waals surface area contributed by atoms with Crippen LogP contribution in [0, 0.1) is 0 Å². The molecule has 38 heavy (non-hydrogen) atoms. The highest BCUT2D eigenvalue weighted by Gasteiger charge is 2.59. The Morgan fingerprint density at radius 1 is 0.868 bits per heavy atom. The summed E-state index contributed by atoms with van der Waals surface area (Å²) in [5.41, 5.74) is -0.852. The Kier molecular flexibility index (Phi) is 6.11.